The summed E-state index contributed by atoms with van der Waals surface area (Å²) in [5.74, 6) is -0.490. The number of benzene rings is 2. The second kappa shape index (κ2) is 8.08. The molecule has 2 N–H and O–H groups in total. The van der Waals surface area contributed by atoms with Crippen LogP contribution in [0.3, 0.4) is 0 Å². The van der Waals surface area contributed by atoms with Crippen LogP contribution in [0.4, 0.5) is 0 Å². The van der Waals surface area contributed by atoms with Crippen molar-refractivity contribution in [3.8, 4) is 0 Å². The van der Waals surface area contributed by atoms with E-state index in [-0.39, 0.29) is 18.4 Å². The van der Waals surface area contributed by atoms with Gasteiger partial charge in [0.05, 0.1) is 5.60 Å². The van der Waals surface area contributed by atoms with Gasteiger partial charge in [-0.3, -0.25) is 4.79 Å². The van der Waals surface area contributed by atoms with Gasteiger partial charge in [-0.2, -0.15) is 0 Å². The van der Waals surface area contributed by atoms with Gasteiger partial charge in [0.1, 0.15) is 6.10 Å². The lowest BCUT2D eigenvalue weighted by Crippen LogP contribution is -2.47. The smallest absolute Gasteiger partial charge is 0.248 e. The SMILES string of the molecule is CO[C@@H](C)C(=O)NC[C@@](C)(O)C(c1ccccc1)c1ccccc1. The number of rotatable bonds is 7. The molecule has 24 heavy (non-hydrogen) atoms. The summed E-state index contributed by atoms with van der Waals surface area (Å²) in [6, 6.07) is 19.7. The van der Waals surface area contributed by atoms with Crippen molar-refractivity contribution in [3.63, 3.8) is 0 Å². The summed E-state index contributed by atoms with van der Waals surface area (Å²) in [4.78, 5) is 12.0. The number of hydrogen-bond acceptors (Lipinski definition) is 3. The fourth-order valence-electron chi connectivity index (χ4n) is 2.82. The van der Waals surface area contributed by atoms with Gasteiger partial charge in [0.15, 0.2) is 0 Å². The van der Waals surface area contributed by atoms with Gasteiger partial charge in [-0.1, -0.05) is 60.7 Å². The summed E-state index contributed by atoms with van der Waals surface area (Å²) in [5.41, 5.74) is 0.858. The molecule has 0 bridgehead atoms. The van der Waals surface area contributed by atoms with Gasteiger partial charge >= 0.3 is 0 Å². The van der Waals surface area contributed by atoms with Gasteiger partial charge in [-0.25, -0.2) is 0 Å². The Labute approximate surface area is 143 Å². The van der Waals surface area contributed by atoms with E-state index in [1.165, 1.54) is 7.11 Å². The van der Waals surface area contributed by atoms with Crippen molar-refractivity contribution < 1.29 is 14.6 Å². The molecule has 0 aromatic heterocycles. The summed E-state index contributed by atoms with van der Waals surface area (Å²) in [6.45, 7) is 3.55. The minimum absolute atomic E-state index is 0.133. The number of methoxy groups -OCH3 is 1. The van der Waals surface area contributed by atoms with Gasteiger partial charge in [0.25, 0.3) is 0 Å². The fourth-order valence-corrected chi connectivity index (χ4v) is 2.82. The molecule has 0 unspecified atom stereocenters. The number of amides is 1. The highest BCUT2D eigenvalue weighted by Gasteiger charge is 2.35. The van der Waals surface area contributed by atoms with E-state index in [9.17, 15) is 9.90 Å². The third-order valence-corrected chi connectivity index (χ3v) is 4.23. The molecule has 0 saturated carbocycles. The zero-order valence-corrected chi connectivity index (χ0v) is 14.4. The maximum atomic E-state index is 12.0. The van der Waals surface area contributed by atoms with Crippen molar-refractivity contribution in [1.82, 2.24) is 5.32 Å². The normalized spacial score (nSPS) is 14.9. The number of carbonyl (C=O) groups excluding carboxylic acids is 1. The van der Waals surface area contributed by atoms with Crippen LogP contribution in [0.25, 0.3) is 0 Å². The van der Waals surface area contributed by atoms with Gasteiger partial charge in [0.2, 0.25) is 5.91 Å². The van der Waals surface area contributed by atoms with Crippen LogP contribution >= 0.6 is 0 Å². The molecular formula is C20H25NO3. The lowest BCUT2D eigenvalue weighted by atomic mass is 9.78. The highest BCUT2D eigenvalue weighted by Crippen LogP contribution is 2.34. The van der Waals surface area contributed by atoms with Crippen molar-refractivity contribution in [2.75, 3.05) is 13.7 Å². The summed E-state index contributed by atoms with van der Waals surface area (Å²) < 4.78 is 5.01. The lowest BCUT2D eigenvalue weighted by Gasteiger charge is -2.34. The lowest BCUT2D eigenvalue weighted by molar-refractivity contribution is -0.131. The first-order valence-electron chi connectivity index (χ1n) is 8.08. The minimum atomic E-state index is -1.15. The molecule has 1 amide bonds. The van der Waals surface area contributed by atoms with Gasteiger partial charge in [-0.05, 0) is 25.0 Å². The van der Waals surface area contributed by atoms with Crippen LogP contribution in [0.5, 0.6) is 0 Å². The van der Waals surface area contributed by atoms with Crippen molar-refractivity contribution >= 4 is 5.91 Å². The molecule has 0 spiro atoms. The molecule has 0 fully saturated rings. The first-order chi connectivity index (χ1) is 11.5. The second-order valence-electron chi connectivity index (χ2n) is 6.21. The van der Waals surface area contributed by atoms with Crippen molar-refractivity contribution in [3.05, 3.63) is 71.8 Å². The van der Waals surface area contributed by atoms with Crippen molar-refractivity contribution in [2.24, 2.45) is 0 Å². The highest BCUT2D eigenvalue weighted by molar-refractivity contribution is 5.80. The van der Waals surface area contributed by atoms with E-state index in [0.717, 1.165) is 11.1 Å². The summed E-state index contributed by atoms with van der Waals surface area (Å²) in [6.07, 6.45) is -0.548. The zero-order chi connectivity index (χ0) is 17.6. The molecular weight excluding hydrogens is 302 g/mol. The molecule has 2 rings (SSSR count). The Morgan fingerprint density at radius 2 is 1.54 bits per heavy atom. The Kier molecular flexibility index (Phi) is 6.12. The van der Waals surface area contributed by atoms with Crippen LogP contribution < -0.4 is 5.32 Å². The Morgan fingerprint density at radius 3 is 1.96 bits per heavy atom. The molecule has 0 aliphatic carbocycles. The number of aliphatic hydroxyl groups is 1. The monoisotopic (exact) mass is 327 g/mol. The molecule has 0 saturated heterocycles. The van der Waals surface area contributed by atoms with E-state index in [4.69, 9.17) is 4.74 Å². The number of hydrogen-bond donors (Lipinski definition) is 2. The number of ether oxygens (including phenoxy) is 1. The number of carbonyl (C=O) groups is 1. The van der Waals surface area contributed by atoms with Crippen LogP contribution in [0.2, 0.25) is 0 Å². The summed E-state index contributed by atoms with van der Waals surface area (Å²) in [7, 11) is 1.49. The predicted molar refractivity (Wildman–Crippen MR) is 94.8 cm³/mol. The van der Waals surface area contributed by atoms with Crippen LogP contribution in [-0.2, 0) is 9.53 Å². The molecule has 2 aromatic rings. The van der Waals surface area contributed by atoms with Gasteiger partial charge in [-0.15, -0.1) is 0 Å². The van der Waals surface area contributed by atoms with Crippen LogP contribution in [0.1, 0.15) is 30.9 Å². The van der Waals surface area contributed by atoms with E-state index in [0.29, 0.717) is 0 Å². The average Bonchev–Trinajstić information content (AvgIpc) is 2.61. The molecule has 4 nitrogen and oxygen atoms in total. The predicted octanol–water partition coefficient (Wildman–Crippen LogP) is 2.72. The molecule has 2 atom stereocenters. The van der Waals surface area contributed by atoms with Gasteiger partial charge < -0.3 is 15.2 Å². The van der Waals surface area contributed by atoms with Crippen LogP contribution in [0, 0.1) is 0 Å². The van der Waals surface area contributed by atoms with E-state index in [1.54, 1.807) is 13.8 Å². The van der Waals surface area contributed by atoms with E-state index < -0.39 is 11.7 Å². The maximum absolute atomic E-state index is 12.0. The maximum Gasteiger partial charge on any atom is 0.248 e. The van der Waals surface area contributed by atoms with E-state index in [2.05, 4.69) is 5.32 Å². The molecule has 0 aliphatic rings. The van der Waals surface area contributed by atoms with Crippen LogP contribution in [-0.4, -0.2) is 36.4 Å². The minimum Gasteiger partial charge on any atom is -0.387 e. The average molecular weight is 327 g/mol. The molecule has 4 heteroatoms. The largest absolute Gasteiger partial charge is 0.387 e. The highest BCUT2D eigenvalue weighted by atomic mass is 16.5. The summed E-state index contributed by atoms with van der Waals surface area (Å²) in [5, 5.41) is 13.9. The Bertz CT molecular complexity index is 601. The standard InChI is InChI=1S/C20H25NO3/c1-15(24-3)19(22)21-14-20(2,23)18(16-10-6-4-7-11-16)17-12-8-5-9-13-17/h4-13,15,18,23H,14H2,1-3H3,(H,21,22)/t15-,20+/m0/s1. The third kappa shape index (κ3) is 4.43. The van der Waals surface area contributed by atoms with Crippen molar-refractivity contribution in [1.29, 1.82) is 0 Å². The Hall–Kier alpha value is -2.17. The van der Waals surface area contributed by atoms with Gasteiger partial charge in [0, 0.05) is 19.6 Å². The summed E-state index contributed by atoms with van der Waals surface area (Å²) >= 11 is 0. The fraction of sp³-hybridized carbons (Fsp3) is 0.350. The van der Waals surface area contributed by atoms with E-state index >= 15 is 0 Å². The quantitative estimate of drug-likeness (QED) is 0.822. The molecule has 128 valence electrons. The van der Waals surface area contributed by atoms with Crippen LogP contribution in [0.15, 0.2) is 60.7 Å². The Balaban J connectivity index is 2.27. The molecule has 0 aliphatic heterocycles. The molecule has 0 radical (unpaired) electrons. The topological polar surface area (TPSA) is 58.6 Å². The Morgan fingerprint density at radius 1 is 1.08 bits per heavy atom. The molecule has 0 heterocycles. The third-order valence-electron chi connectivity index (χ3n) is 4.23. The zero-order valence-electron chi connectivity index (χ0n) is 14.4. The second-order valence-corrected chi connectivity index (χ2v) is 6.21. The molecule has 2 aromatic carbocycles. The van der Waals surface area contributed by atoms with Crippen molar-refractivity contribution in [2.45, 2.75) is 31.5 Å². The first-order valence-corrected chi connectivity index (χ1v) is 8.08. The number of nitrogens with one attached hydrogen (secondary N) is 1. The van der Waals surface area contributed by atoms with E-state index in [1.807, 2.05) is 60.7 Å². The first kappa shape index (κ1) is 18.2.